The lowest BCUT2D eigenvalue weighted by atomic mass is 10.0. The lowest BCUT2D eigenvalue weighted by Crippen LogP contribution is -2.45. The second-order valence-electron chi connectivity index (χ2n) is 7.36. The molecule has 1 unspecified atom stereocenters. The van der Waals surface area contributed by atoms with Gasteiger partial charge in [-0.05, 0) is 32.0 Å². The number of halogens is 2. The number of aromatic amines is 1. The fourth-order valence-electron chi connectivity index (χ4n) is 3.55. The maximum Gasteiger partial charge on any atom is 0.250 e. The van der Waals surface area contributed by atoms with Crippen LogP contribution in [-0.4, -0.2) is 58.4 Å². The monoisotopic (exact) mass is 375 g/mol. The number of fused-ring (bicyclic) bond motifs is 1. The number of alkyl halides is 2. The maximum atomic E-state index is 13.4. The number of nitrogens with zero attached hydrogens (tertiary/aromatic N) is 4. The Morgan fingerprint density at radius 3 is 2.78 bits per heavy atom. The Labute approximate surface area is 156 Å². The van der Waals surface area contributed by atoms with Gasteiger partial charge in [0.15, 0.2) is 0 Å². The summed E-state index contributed by atoms with van der Waals surface area (Å²) in [6.45, 7) is 4.65. The van der Waals surface area contributed by atoms with Gasteiger partial charge in [-0.2, -0.15) is 5.10 Å². The van der Waals surface area contributed by atoms with Crippen LogP contribution < -0.4 is 4.74 Å². The highest BCUT2D eigenvalue weighted by atomic mass is 19.3. The molecule has 1 N–H and O–H groups in total. The highest BCUT2D eigenvalue weighted by Crippen LogP contribution is 2.31. The minimum Gasteiger partial charge on any atom is -0.491 e. The van der Waals surface area contributed by atoms with Crippen LogP contribution in [0, 0.1) is 0 Å². The number of benzene rings is 1. The van der Waals surface area contributed by atoms with E-state index in [1.54, 1.807) is 0 Å². The largest absolute Gasteiger partial charge is 0.491 e. The molecule has 4 rings (SSSR count). The summed E-state index contributed by atoms with van der Waals surface area (Å²) in [6, 6.07) is 5.80. The quantitative estimate of drug-likeness (QED) is 0.887. The van der Waals surface area contributed by atoms with Crippen LogP contribution in [0.25, 0.3) is 10.9 Å². The molecule has 0 saturated carbocycles. The first-order chi connectivity index (χ1) is 12.9. The van der Waals surface area contributed by atoms with E-state index >= 15 is 0 Å². The number of piperidine rings is 1. The standard InChI is InChI=1S/C19H23F2N5O/c1-12(2)27-13-3-4-15-14(9-13)18(25-24-15)16-10-17(23-11-22-16)26-7-5-19(20,21)6-8-26/h3-4,9,11-12,17H,5-8,10H2,1-2H3,(H,24,25). The Balaban J connectivity index is 1.55. The van der Waals surface area contributed by atoms with Gasteiger partial charge in [0.2, 0.25) is 0 Å². The normalized spacial score (nSPS) is 23.0. The molecule has 2 aromatic rings. The molecule has 1 aromatic heterocycles. The van der Waals surface area contributed by atoms with Gasteiger partial charge in [-0.1, -0.05) is 0 Å². The van der Waals surface area contributed by atoms with Crippen molar-refractivity contribution in [1.82, 2.24) is 15.1 Å². The van der Waals surface area contributed by atoms with Crippen LogP contribution in [0.2, 0.25) is 0 Å². The molecule has 6 nitrogen and oxygen atoms in total. The van der Waals surface area contributed by atoms with Crippen molar-refractivity contribution < 1.29 is 13.5 Å². The van der Waals surface area contributed by atoms with E-state index in [2.05, 4.69) is 20.2 Å². The van der Waals surface area contributed by atoms with Crippen LogP contribution in [-0.2, 0) is 0 Å². The first-order valence-electron chi connectivity index (χ1n) is 9.27. The molecule has 27 heavy (non-hydrogen) atoms. The van der Waals surface area contributed by atoms with Crippen molar-refractivity contribution in [2.75, 3.05) is 13.1 Å². The van der Waals surface area contributed by atoms with Gasteiger partial charge >= 0.3 is 0 Å². The van der Waals surface area contributed by atoms with Crippen LogP contribution in [0.15, 0.2) is 28.2 Å². The third kappa shape index (κ3) is 3.85. The molecule has 1 atom stereocenters. The fraction of sp³-hybridized carbons (Fsp3) is 0.526. The highest BCUT2D eigenvalue weighted by Gasteiger charge is 2.37. The van der Waals surface area contributed by atoms with Crippen LogP contribution in [0.1, 0.15) is 38.8 Å². The third-order valence-electron chi connectivity index (χ3n) is 4.96. The van der Waals surface area contributed by atoms with Gasteiger partial charge in [-0.3, -0.25) is 15.0 Å². The van der Waals surface area contributed by atoms with E-state index in [-0.39, 0.29) is 25.1 Å². The third-order valence-corrected chi connectivity index (χ3v) is 4.96. The molecule has 3 heterocycles. The summed E-state index contributed by atoms with van der Waals surface area (Å²) in [5.41, 5.74) is 2.47. The Morgan fingerprint density at radius 1 is 1.26 bits per heavy atom. The van der Waals surface area contributed by atoms with E-state index < -0.39 is 5.92 Å². The smallest absolute Gasteiger partial charge is 0.250 e. The average molecular weight is 375 g/mol. The van der Waals surface area contributed by atoms with E-state index in [0.29, 0.717) is 19.5 Å². The van der Waals surface area contributed by atoms with Crippen molar-refractivity contribution in [3.63, 3.8) is 0 Å². The zero-order valence-corrected chi connectivity index (χ0v) is 15.5. The number of nitrogens with one attached hydrogen (secondary N) is 1. The summed E-state index contributed by atoms with van der Waals surface area (Å²) in [5.74, 6) is -1.78. The van der Waals surface area contributed by atoms with Gasteiger partial charge in [0.05, 0.1) is 17.3 Å². The van der Waals surface area contributed by atoms with Gasteiger partial charge in [0, 0.05) is 37.7 Å². The number of hydrogen-bond donors (Lipinski definition) is 1. The summed E-state index contributed by atoms with van der Waals surface area (Å²) in [4.78, 5) is 10.8. The van der Waals surface area contributed by atoms with Crippen molar-refractivity contribution in [3.05, 3.63) is 23.9 Å². The zero-order chi connectivity index (χ0) is 19.0. The summed E-state index contributed by atoms with van der Waals surface area (Å²) >= 11 is 0. The lowest BCUT2D eigenvalue weighted by molar-refractivity contribution is -0.0618. The van der Waals surface area contributed by atoms with E-state index in [4.69, 9.17) is 4.74 Å². The average Bonchev–Trinajstić information content (AvgIpc) is 3.04. The second kappa shape index (κ2) is 6.99. The first-order valence-corrected chi connectivity index (χ1v) is 9.27. The molecule has 0 bridgehead atoms. The SMILES string of the molecule is CC(C)Oc1ccc2[nH]nc(C3=NC=NC(N4CCC(F)(F)CC4)C3)c2c1. The molecule has 1 aromatic carbocycles. The lowest BCUT2D eigenvalue weighted by Gasteiger charge is -2.36. The molecule has 8 heteroatoms. The molecule has 2 aliphatic heterocycles. The van der Waals surface area contributed by atoms with E-state index in [1.165, 1.54) is 6.34 Å². The Bertz CT molecular complexity index is 879. The van der Waals surface area contributed by atoms with Crippen molar-refractivity contribution in [3.8, 4) is 5.75 Å². The number of rotatable bonds is 4. The van der Waals surface area contributed by atoms with Crippen LogP contribution in [0.4, 0.5) is 8.78 Å². The number of likely N-dealkylation sites (tertiary alicyclic amines) is 1. The Hall–Kier alpha value is -2.35. The van der Waals surface area contributed by atoms with Gasteiger partial charge in [0.25, 0.3) is 5.92 Å². The molecule has 0 radical (unpaired) electrons. The summed E-state index contributed by atoms with van der Waals surface area (Å²) in [6.07, 6.45) is 1.75. The van der Waals surface area contributed by atoms with E-state index in [0.717, 1.165) is 28.1 Å². The number of aliphatic imine (C=N–C) groups is 2. The molecule has 0 spiro atoms. The molecule has 1 fully saturated rings. The van der Waals surface area contributed by atoms with Crippen molar-refractivity contribution in [1.29, 1.82) is 0 Å². The topological polar surface area (TPSA) is 65.9 Å². The van der Waals surface area contributed by atoms with Crippen molar-refractivity contribution >= 4 is 23.0 Å². The van der Waals surface area contributed by atoms with Gasteiger partial charge in [-0.15, -0.1) is 0 Å². The van der Waals surface area contributed by atoms with Gasteiger partial charge < -0.3 is 4.74 Å². The van der Waals surface area contributed by atoms with E-state index in [1.807, 2.05) is 36.9 Å². The summed E-state index contributed by atoms with van der Waals surface area (Å²) < 4.78 is 32.6. The maximum absolute atomic E-state index is 13.4. The Kier molecular flexibility index (Phi) is 4.67. The molecular formula is C19H23F2N5O. The van der Waals surface area contributed by atoms with Crippen LogP contribution >= 0.6 is 0 Å². The predicted octanol–water partition coefficient (Wildman–Crippen LogP) is 3.63. The van der Waals surface area contributed by atoms with Crippen molar-refractivity contribution in [2.45, 2.75) is 51.3 Å². The summed E-state index contributed by atoms with van der Waals surface area (Å²) in [5, 5.41) is 8.39. The molecule has 1 saturated heterocycles. The number of ether oxygens (including phenoxy) is 1. The minimum absolute atomic E-state index is 0.0820. The predicted molar refractivity (Wildman–Crippen MR) is 101 cm³/mol. The summed E-state index contributed by atoms with van der Waals surface area (Å²) in [7, 11) is 0. The highest BCUT2D eigenvalue weighted by molar-refractivity contribution is 6.12. The van der Waals surface area contributed by atoms with Gasteiger partial charge in [-0.25, -0.2) is 13.8 Å². The molecule has 2 aliphatic rings. The van der Waals surface area contributed by atoms with Crippen LogP contribution in [0.3, 0.4) is 0 Å². The molecule has 144 valence electrons. The Morgan fingerprint density at radius 2 is 2.04 bits per heavy atom. The molecular weight excluding hydrogens is 352 g/mol. The number of hydrogen-bond acceptors (Lipinski definition) is 5. The number of aromatic nitrogens is 2. The second-order valence-corrected chi connectivity index (χ2v) is 7.36. The van der Waals surface area contributed by atoms with E-state index in [9.17, 15) is 8.78 Å². The van der Waals surface area contributed by atoms with Gasteiger partial charge in [0.1, 0.15) is 23.9 Å². The fourth-order valence-corrected chi connectivity index (χ4v) is 3.55. The zero-order valence-electron chi connectivity index (χ0n) is 15.5. The number of H-pyrrole nitrogens is 1. The minimum atomic E-state index is -2.56. The first kappa shape index (κ1) is 18.0. The molecule has 0 aliphatic carbocycles. The van der Waals surface area contributed by atoms with Crippen LogP contribution in [0.5, 0.6) is 5.75 Å². The van der Waals surface area contributed by atoms with Crippen molar-refractivity contribution in [2.24, 2.45) is 9.98 Å². The molecule has 0 amide bonds.